The van der Waals surface area contributed by atoms with Gasteiger partial charge in [-0.3, -0.25) is 4.79 Å². The van der Waals surface area contributed by atoms with E-state index in [9.17, 15) is 9.90 Å². The minimum absolute atomic E-state index is 0.0286. The van der Waals surface area contributed by atoms with Gasteiger partial charge in [-0.15, -0.1) is 11.3 Å². The molecule has 0 spiro atoms. The van der Waals surface area contributed by atoms with Crippen LogP contribution in [0.2, 0.25) is 0 Å². The molecule has 2 fully saturated rings. The van der Waals surface area contributed by atoms with Crippen LogP contribution in [0.15, 0.2) is 24.4 Å². The van der Waals surface area contributed by atoms with E-state index in [-0.39, 0.29) is 11.3 Å². The van der Waals surface area contributed by atoms with E-state index in [1.54, 1.807) is 13.3 Å². The van der Waals surface area contributed by atoms with Crippen LogP contribution in [0, 0.1) is 36.2 Å². The van der Waals surface area contributed by atoms with Gasteiger partial charge in [0.1, 0.15) is 5.75 Å². The van der Waals surface area contributed by atoms with Gasteiger partial charge in [-0.2, -0.15) is 0 Å². The summed E-state index contributed by atoms with van der Waals surface area (Å²) in [5, 5.41) is 14.6. The third-order valence-electron chi connectivity index (χ3n) is 8.42. The number of nitrogens with one attached hydrogen (secondary N) is 1. The molecule has 3 unspecified atom stereocenters. The molecule has 5 nitrogen and oxygen atoms in total. The van der Waals surface area contributed by atoms with Crippen molar-refractivity contribution in [2.75, 3.05) is 12.4 Å². The van der Waals surface area contributed by atoms with E-state index < -0.39 is 0 Å². The van der Waals surface area contributed by atoms with Gasteiger partial charge in [0.2, 0.25) is 5.91 Å². The number of rotatable bonds is 5. The number of aromatic nitrogens is 1. The first kappa shape index (κ1) is 21.9. The zero-order chi connectivity index (χ0) is 22.5. The Morgan fingerprint density at radius 3 is 2.97 bits per heavy atom. The van der Waals surface area contributed by atoms with Crippen LogP contribution >= 0.6 is 11.3 Å². The van der Waals surface area contributed by atoms with Gasteiger partial charge in [-0.05, 0) is 92.4 Å². The Kier molecular flexibility index (Phi) is 5.79. The minimum Gasteiger partial charge on any atom is -0.497 e. The van der Waals surface area contributed by atoms with Gasteiger partial charge in [-0.25, -0.2) is 4.98 Å². The summed E-state index contributed by atoms with van der Waals surface area (Å²) in [5.74, 6) is 2.87. The second-order valence-electron chi connectivity index (χ2n) is 10.1. The van der Waals surface area contributed by atoms with E-state index in [1.165, 1.54) is 22.5 Å². The number of fused-ring (bicyclic) bond motifs is 5. The van der Waals surface area contributed by atoms with E-state index in [2.05, 4.69) is 35.4 Å². The minimum atomic E-state index is -0.112. The standard InChI is InChI=1S/C26H33N2O3S/c1-15-14-27-25(32-15)28-23(30)9-5-17-13-22(29)26(2)11-10-20-19-8-6-18(31-3)12-16(19)4-7-21(20)24(17)26/h6,8,12,14,17,20-21,24,29H,4-5,7,9-11,13H2,1-3H3,(H,27,28,30)/t17-,20?,21?,24?,26-/m1/s1. The Morgan fingerprint density at radius 1 is 1.38 bits per heavy atom. The number of aliphatic hydroxyl groups excluding tert-OH is 1. The van der Waals surface area contributed by atoms with Crippen LogP contribution in [-0.4, -0.2) is 23.1 Å². The van der Waals surface area contributed by atoms with Crippen LogP contribution in [0.25, 0.3) is 0 Å². The molecule has 3 aliphatic carbocycles. The van der Waals surface area contributed by atoms with Gasteiger partial charge < -0.3 is 15.2 Å². The molecule has 1 radical (unpaired) electrons. The summed E-state index contributed by atoms with van der Waals surface area (Å²) in [6, 6.07) is 6.57. The third-order valence-corrected chi connectivity index (χ3v) is 9.25. The molecule has 0 bridgehead atoms. The summed E-state index contributed by atoms with van der Waals surface area (Å²) in [7, 11) is 1.73. The van der Waals surface area contributed by atoms with Crippen LogP contribution < -0.4 is 10.1 Å². The number of thiazole rings is 1. The SMILES string of the molecule is COc1ccc2c(c1)CCC1C2CC[C@]2(C)[C](O)C[C@@H](CCC(=O)Nc3ncc(C)s3)C12. The summed E-state index contributed by atoms with van der Waals surface area (Å²) in [4.78, 5) is 17.9. The highest BCUT2D eigenvalue weighted by Gasteiger charge is 2.58. The number of hydrogen-bond donors (Lipinski definition) is 2. The number of anilines is 1. The lowest BCUT2D eigenvalue weighted by Gasteiger charge is -2.51. The number of methoxy groups -OCH3 is 1. The Bertz CT molecular complexity index is 1000. The van der Waals surface area contributed by atoms with Crippen molar-refractivity contribution in [2.45, 2.75) is 64.7 Å². The summed E-state index contributed by atoms with van der Waals surface area (Å²) in [6.45, 7) is 4.26. The molecule has 2 saturated carbocycles. The Hall–Kier alpha value is -1.92. The molecule has 1 amide bonds. The monoisotopic (exact) mass is 453 g/mol. The van der Waals surface area contributed by atoms with E-state index in [4.69, 9.17) is 4.74 Å². The fourth-order valence-corrected chi connectivity index (χ4v) is 7.62. The molecule has 1 heterocycles. The second kappa shape index (κ2) is 8.45. The molecule has 6 heteroatoms. The van der Waals surface area contributed by atoms with E-state index in [0.29, 0.717) is 41.3 Å². The summed E-state index contributed by atoms with van der Waals surface area (Å²) in [6.07, 6.45) is 8.86. The molecule has 32 heavy (non-hydrogen) atoms. The van der Waals surface area contributed by atoms with E-state index in [0.717, 1.165) is 49.2 Å². The summed E-state index contributed by atoms with van der Waals surface area (Å²) >= 11 is 1.51. The predicted octanol–water partition coefficient (Wildman–Crippen LogP) is 5.87. The molecular weight excluding hydrogens is 420 g/mol. The van der Waals surface area contributed by atoms with Gasteiger partial charge >= 0.3 is 0 Å². The van der Waals surface area contributed by atoms with Crippen molar-refractivity contribution in [3.63, 3.8) is 0 Å². The van der Waals surface area contributed by atoms with E-state index in [1.807, 2.05) is 6.92 Å². The van der Waals surface area contributed by atoms with Crippen LogP contribution in [0.4, 0.5) is 5.13 Å². The smallest absolute Gasteiger partial charge is 0.226 e. The number of benzene rings is 1. The normalized spacial score (nSPS) is 31.5. The first-order chi connectivity index (χ1) is 15.4. The average Bonchev–Trinajstić information content (AvgIpc) is 3.31. The fourth-order valence-electron chi connectivity index (χ4n) is 6.94. The van der Waals surface area contributed by atoms with Gasteiger partial charge in [0.05, 0.1) is 13.2 Å². The Morgan fingerprint density at radius 2 is 2.22 bits per heavy atom. The number of carbonyl (C=O) groups is 1. The zero-order valence-electron chi connectivity index (χ0n) is 19.2. The molecule has 1 aromatic heterocycles. The number of nitrogens with zero attached hydrogens (tertiary/aromatic N) is 1. The number of hydrogen-bond acceptors (Lipinski definition) is 5. The Balaban J connectivity index is 1.32. The van der Waals surface area contributed by atoms with Gasteiger partial charge in [-0.1, -0.05) is 13.0 Å². The summed E-state index contributed by atoms with van der Waals surface area (Å²) < 4.78 is 5.45. The topological polar surface area (TPSA) is 71.5 Å². The molecule has 1 aromatic carbocycles. The fraction of sp³-hybridized carbons (Fsp3) is 0.577. The highest BCUT2D eigenvalue weighted by molar-refractivity contribution is 7.15. The lowest BCUT2D eigenvalue weighted by atomic mass is 9.54. The highest BCUT2D eigenvalue weighted by Crippen LogP contribution is 2.65. The lowest BCUT2D eigenvalue weighted by molar-refractivity contribution is -0.116. The first-order valence-corrected chi connectivity index (χ1v) is 12.6. The molecular formula is C26H33N2O3S. The average molecular weight is 454 g/mol. The third kappa shape index (κ3) is 3.75. The molecule has 2 aromatic rings. The molecule has 5 rings (SSSR count). The number of aliphatic hydroxyl groups is 1. The molecule has 5 atom stereocenters. The molecule has 0 saturated heterocycles. The molecule has 171 valence electrons. The first-order valence-electron chi connectivity index (χ1n) is 11.8. The molecule has 0 aliphatic heterocycles. The van der Waals surface area contributed by atoms with Crippen LogP contribution in [0.1, 0.15) is 67.4 Å². The van der Waals surface area contributed by atoms with Gasteiger partial charge in [0.15, 0.2) is 5.13 Å². The van der Waals surface area contributed by atoms with Crippen LogP contribution in [0.5, 0.6) is 5.75 Å². The maximum absolute atomic E-state index is 12.6. The number of ether oxygens (including phenoxy) is 1. The van der Waals surface area contributed by atoms with Gasteiger partial charge in [0, 0.05) is 22.9 Å². The van der Waals surface area contributed by atoms with Crippen molar-refractivity contribution in [3.05, 3.63) is 46.5 Å². The van der Waals surface area contributed by atoms with Crippen molar-refractivity contribution in [1.82, 2.24) is 4.98 Å². The lowest BCUT2D eigenvalue weighted by Crippen LogP contribution is -2.43. The van der Waals surface area contributed by atoms with Crippen LogP contribution in [-0.2, 0) is 11.2 Å². The zero-order valence-corrected chi connectivity index (χ0v) is 20.0. The largest absolute Gasteiger partial charge is 0.497 e. The van der Waals surface area contributed by atoms with Crippen LogP contribution in [0.3, 0.4) is 0 Å². The number of carbonyl (C=O) groups excluding carboxylic acids is 1. The summed E-state index contributed by atoms with van der Waals surface area (Å²) in [5.41, 5.74) is 2.79. The van der Waals surface area contributed by atoms with Crippen molar-refractivity contribution >= 4 is 22.4 Å². The number of amides is 1. The predicted molar refractivity (Wildman–Crippen MR) is 126 cm³/mol. The van der Waals surface area contributed by atoms with Crippen molar-refractivity contribution in [2.24, 2.45) is 23.2 Å². The van der Waals surface area contributed by atoms with Crippen molar-refractivity contribution in [1.29, 1.82) is 0 Å². The highest BCUT2D eigenvalue weighted by atomic mass is 32.1. The molecule has 2 N–H and O–H groups in total. The Labute approximate surface area is 194 Å². The quantitative estimate of drug-likeness (QED) is 0.594. The van der Waals surface area contributed by atoms with Gasteiger partial charge in [0.25, 0.3) is 0 Å². The van der Waals surface area contributed by atoms with Crippen molar-refractivity contribution < 1.29 is 14.6 Å². The second-order valence-corrected chi connectivity index (χ2v) is 11.4. The van der Waals surface area contributed by atoms with E-state index >= 15 is 0 Å². The maximum Gasteiger partial charge on any atom is 0.226 e. The maximum atomic E-state index is 12.6. The number of aryl methyl sites for hydroxylation is 2. The van der Waals surface area contributed by atoms with Crippen molar-refractivity contribution in [3.8, 4) is 5.75 Å². The molecule has 3 aliphatic rings.